The first-order valence-corrected chi connectivity index (χ1v) is 7.86. The molecule has 0 aliphatic carbocycles. The van der Waals surface area contributed by atoms with E-state index in [0.29, 0.717) is 11.3 Å². The molecule has 9 heteroatoms. The van der Waals surface area contributed by atoms with Gasteiger partial charge in [-0.1, -0.05) is 35.9 Å². The molecule has 2 amide bonds. The van der Waals surface area contributed by atoms with Crippen molar-refractivity contribution < 1.29 is 14.5 Å². The molecule has 0 unspecified atom stereocenters. The Balaban J connectivity index is 1.89. The fourth-order valence-electron chi connectivity index (χ4n) is 2.02. The fourth-order valence-corrected chi connectivity index (χ4v) is 2.21. The zero-order valence-corrected chi connectivity index (χ0v) is 14.5. The van der Waals surface area contributed by atoms with Gasteiger partial charge in [-0.2, -0.15) is 5.10 Å². The van der Waals surface area contributed by atoms with E-state index in [1.54, 1.807) is 12.1 Å². The molecule has 2 rings (SSSR count). The summed E-state index contributed by atoms with van der Waals surface area (Å²) in [6.07, 6.45) is 0.812. The van der Waals surface area contributed by atoms with Gasteiger partial charge in [0.2, 0.25) is 11.8 Å². The molecule has 0 aliphatic rings. The molecular weight excluding hydrogens is 360 g/mol. The molecule has 2 N–H and O–H groups in total. The van der Waals surface area contributed by atoms with Gasteiger partial charge in [0.25, 0.3) is 5.69 Å². The minimum absolute atomic E-state index is 0.00376. The van der Waals surface area contributed by atoms with E-state index in [2.05, 4.69) is 15.8 Å². The third-order valence-corrected chi connectivity index (χ3v) is 3.63. The minimum Gasteiger partial charge on any atom is -0.325 e. The highest BCUT2D eigenvalue weighted by molar-refractivity contribution is 6.32. The quantitative estimate of drug-likeness (QED) is 0.350. The van der Waals surface area contributed by atoms with Crippen molar-refractivity contribution in [3.63, 3.8) is 0 Å². The molecule has 0 saturated heterocycles. The highest BCUT2D eigenvalue weighted by Gasteiger charge is 2.12. The van der Waals surface area contributed by atoms with Gasteiger partial charge < -0.3 is 5.32 Å². The number of halogens is 1. The Hall–Kier alpha value is -3.26. The number of carbonyl (C=O) groups is 2. The van der Waals surface area contributed by atoms with Crippen LogP contribution in [0.15, 0.2) is 47.6 Å². The van der Waals surface area contributed by atoms with Crippen LogP contribution in [-0.4, -0.2) is 23.0 Å². The summed E-state index contributed by atoms with van der Waals surface area (Å²) in [5.41, 5.74) is 3.81. The van der Waals surface area contributed by atoms with E-state index >= 15 is 0 Å². The van der Waals surface area contributed by atoms with Gasteiger partial charge in [0.15, 0.2) is 0 Å². The smallest absolute Gasteiger partial charge is 0.288 e. The number of hydrogen-bond acceptors (Lipinski definition) is 5. The Kier molecular flexibility index (Phi) is 6.40. The first-order valence-electron chi connectivity index (χ1n) is 7.48. The molecule has 0 atom stereocenters. The van der Waals surface area contributed by atoms with Gasteiger partial charge in [-0.25, -0.2) is 5.43 Å². The molecule has 0 bridgehead atoms. The topological polar surface area (TPSA) is 114 Å². The summed E-state index contributed by atoms with van der Waals surface area (Å²) < 4.78 is 0. The molecule has 0 saturated carbocycles. The Labute approximate surface area is 154 Å². The Morgan fingerprint density at radius 3 is 2.65 bits per heavy atom. The molecule has 0 aromatic heterocycles. The van der Waals surface area contributed by atoms with Crippen LogP contribution in [0.2, 0.25) is 5.02 Å². The molecule has 8 nitrogen and oxygen atoms in total. The molecule has 0 heterocycles. The second-order valence-electron chi connectivity index (χ2n) is 5.30. The van der Waals surface area contributed by atoms with Crippen LogP contribution in [0.4, 0.5) is 11.4 Å². The summed E-state index contributed by atoms with van der Waals surface area (Å²) in [5, 5.41) is 17.1. The molecule has 0 spiro atoms. The molecule has 26 heavy (non-hydrogen) atoms. The van der Waals surface area contributed by atoms with Crippen molar-refractivity contribution in [2.75, 3.05) is 5.32 Å². The minimum atomic E-state index is -0.617. The van der Waals surface area contributed by atoms with E-state index in [1.165, 1.54) is 24.4 Å². The monoisotopic (exact) mass is 374 g/mol. The average molecular weight is 375 g/mol. The maximum absolute atomic E-state index is 11.9. The van der Waals surface area contributed by atoms with Crippen molar-refractivity contribution in [2.24, 2.45) is 5.10 Å². The molecular formula is C17H15ClN4O4. The van der Waals surface area contributed by atoms with E-state index in [9.17, 15) is 19.7 Å². The largest absolute Gasteiger partial charge is 0.325 e. The number of nitro benzene ring substituents is 1. The zero-order chi connectivity index (χ0) is 19.1. The lowest BCUT2D eigenvalue weighted by atomic mass is 10.2. The first-order chi connectivity index (χ1) is 12.4. The van der Waals surface area contributed by atoms with Crippen LogP contribution in [0.5, 0.6) is 0 Å². The van der Waals surface area contributed by atoms with Crippen molar-refractivity contribution in [1.29, 1.82) is 0 Å². The Bertz CT molecular complexity index is 883. The predicted molar refractivity (Wildman–Crippen MR) is 98.3 cm³/mol. The number of nitrogens with zero attached hydrogens (tertiary/aromatic N) is 2. The van der Waals surface area contributed by atoms with Gasteiger partial charge in [-0.15, -0.1) is 0 Å². The lowest BCUT2D eigenvalue weighted by Gasteiger charge is -2.07. The number of nitrogens with one attached hydrogen (secondary N) is 2. The molecule has 0 radical (unpaired) electrons. The van der Waals surface area contributed by atoms with Crippen LogP contribution >= 0.6 is 11.6 Å². The second kappa shape index (κ2) is 8.72. The zero-order valence-electron chi connectivity index (χ0n) is 13.7. The number of amides is 2. The summed E-state index contributed by atoms with van der Waals surface area (Å²) >= 11 is 5.71. The maximum atomic E-state index is 11.9. The Morgan fingerprint density at radius 2 is 1.96 bits per heavy atom. The third-order valence-electron chi connectivity index (χ3n) is 3.31. The molecule has 0 fully saturated rings. The molecule has 2 aromatic carbocycles. The number of anilines is 1. The SMILES string of the molecule is Cc1ccccc1NC(=O)CC(=O)NN=Cc1ccc(Cl)c([N+](=O)[O-])c1. The van der Waals surface area contributed by atoms with Crippen molar-refractivity contribution in [2.45, 2.75) is 13.3 Å². The number of rotatable bonds is 6. The number of nitro groups is 1. The number of hydrogen-bond donors (Lipinski definition) is 2. The number of hydrazone groups is 1. The summed E-state index contributed by atoms with van der Waals surface area (Å²) in [4.78, 5) is 33.8. The van der Waals surface area contributed by atoms with Gasteiger partial charge >= 0.3 is 0 Å². The lowest BCUT2D eigenvalue weighted by Crippen LogP contribution is -2.24. The van der Waals surface area contributed by atoms with E-state index < -0.39 is 23.2 Å². The number of benzene rings is 2. The van der Waals surface area contributed by atoms with E-state index in [1.807, 2.05) is 19.1 Å². The van der Waals surface area contributed by atoms with Gasteiger partial charge in [-0.3, -0.25) is 19.7 Å². The van der Waals surface area contributed by atoms with Gasteiger partial charge in [0, 0.05) is 17.3 Å². The Morgan fingerprint density at radius 1 is 1.23 bits per heavy atom. The van der Waals surface area contributed by atoms with Gasteiger partial charge in [0.05, 0.1) is 11.1 Å². The van der Waals surface area contributed by atoms with Crippen LogP contribution in [0.25, 0.3) is 0 Å². The van der Waals surface area contributed by atoms with Crippen LogP contribution in [0.1, 0.15) is 17.5 Å². The molecule has 2 aromatic rings. The molecule has 134 valence electrons. The van der Waals surface area contributed by atoms with Crippen molar-refractivity contribution >= 4 is 41.0 Å². The highest BCUT2D eigenvalue weighted by atomic mass is 35.5. The highest BCUT2D eigenvalue weighted by Crippen LogP contribution is 2.24. The van der Waals surface area contributed by atoms with Crippen molar-refractivity contribution in [3.05, 3.63) is 68.7 Å². The van der Waals surface area contributed by atoms with E-state index in [4.69, 9.17) is 11.6 Å². The fraction of sp³-hybridized carbons (Fsp3) is 0.118. The first kappa shape index (κ1) is 19.1. The van der Waals surface area contributed by atoms with Crippen LogP contribution in [0, 0.1) is 17.0 Å². The predicted octanol–water partition coefficient (Wildman–Crippen LogP) is 3.04. The number of para-hydroxylation sites is 1. The maximum Gasteiger partial charge on any atom is 0.288 e. The second-order valence-corrected chi connectivity index (χ2v) is 5.71. The average Bonchev–Trinajstić information content (AvgIpc) is 2.58. The summed E-state index contributed by atoms with van der Waals surface area (Å²) in [6.45, 7) is 1.84. The van der Waals surface area contributed by atoms with Gasteiger partial charge in [-0.05, 0) is 24.6 Å². The van der Waals surface area contributed by atoms with Gasteiger partial charge in [0.1, 0.15) is 11.4 Å². The summed E-state index contributed by atoms with van der Waals surface area (Å²) in [7, 11) is 0. The standard InChI is InChI=1S/C17H15ClN4O4/c1-11-4-2-3-5-14(11)20-16(23)9-17(24)21-19-10-12-6-7-13(18)15(8-12)22(25)26/h2-8,10H,9H2,1H3,(H,20,23)(H,21,24). The van der Waals surface area contributed by atoms with Crippen molar-refractivity contribution in [3.8, 4) is 0 Å². The van der Waals surface area contributed by atoms with Crippen LogP contribution < -0.4 is 10.7 Å². The lowest BCUT2D eigenvalue weighted by molar-refractivity contribution is -0.384. The van der Waals surface area contributed by atoms with Crippen molar-refractivity contribution in [1.82, 2.24) is 5.43 Å². The normalized spacial score (nSPS) is 10.5. The molecule has 0 aliphatic heterocycles. The van der Waals surface area contributed by atoms with E-state index in [0.717, 1.165) is 5.56 Å². The summed E-state index contributed by atoms with van der Waals surface area (Å²) in [6, 6.07) is 11.3. The van der Waals surface area contributed by atoms with E-state index in [-0.39, 0.29) is 10.7 Å². The number of aryl methyl sites for hydroxylation is 1. The third kappa shape index (κ3) is 5.38. The summed E-state index contributed by atoms with van der Waals surface area (Å²) in [5.74, 6) is -1.09. The van der Waals surface area contributed by atoms with Crippen LogP contribution in [0.3, 0.4) is 0 Å². The number of carbonyl (C=O) groups excluding carboxylic acids is 2. The van der Waals surface area contributed by atoms with Crippen LogP contribution in [-0.2, 0) is 9.59 Å².